The second-order valence-corrected chi connectivity index (χ2v) is 4.33. The number of benzene rings is 1. The van der Waals surface area contributed by atoms with Crippen molar-refractivity contribution in [1.82, 2.24) is 4.90 Å². The molecular weight excluding hydrogens is 238 g/mol. The van der Waals surface area contributed by atoms with E-state index in [0.717, 1.165) is 12.6 Å². The van der Waals surface area contributed by atoms with Gasteiger partial charge < -0.3 is 15.4 Å². The highest BCUT2D eigenvalue weighted by atomic mass is 19.2. The predicted octanol–water partition coefficient (Wildman–Crippen LogP) is 1.93. The van der Waals surface area contributed by atoms with Gasteiger partial charge in [0.25, 0.3) is 0 Å². The van der Waals surface area contributed by atoms with Gasteiger partial charge in [-0.3, -0.25) is 0 Å². The summed E-state index contributed by atoms with van der Waals surface area (Å²) in [6.07, 6.45) is 0.570. The SMILES string of the molecule is COCCN(C)CCC(N)c1cccc(F)c1F. The summed E-state index contributed by atoms with van der Waals surface area (Å²) in [5.41, 5.74) is 6.11. The summed E-state index contributed by atoms with van der Waals surface area (Å²) in [5, 5.41) is 0. The molecule has 0 aliphatic rings. The first-order chi connectivity index (χ1) is 8.56. The lowest BCUT2D eigenvalue weighted by Crippen LogP contribution is -2.27. The number of hydrogen-bond donors (Lipinski definition) is 1. The molecule has 1 rings (SSSR count). The number of hydrogen-bond acceptors (Lipinski definition) is 3. The Balaban J connectivity index is 2.50. The van der Waals surface area contributed by atoms with Crippen LogP contribution in [0.3, 0.4) is 0 Å². The van der Waals surface area contributed by atoms with Crippen molar-refractivity contribution in [1.29, 1.82) is 0 Å². The summed E-state index contributed by atoms with van der Waals surface area (Å²) in [5.74, 6) is -1.69. The summed E-state index contributed by atoms with van der Waals surface area (Å²) in [7, 11) is 3.58. The number of nitrogens with two attached hydrogens (primary N) is 1. The molecule has 1 unspecified atom stereocenters. The van der Waals surface area contributed by atoms with E-state index in [0.29, 0.717) is 19.6 Å². The number of halogens is 2. The van der Waals surface area contributed by atoms with Gasteiger partial charge in [-0.25, -0.2) is 8.78 Å². The lowest BCUT2D eigenvalue weighted by molar-refractivity contribution is 0.159. The predicted molar refractivity (Wildman–Crippen MR) is 67.3 cm³/mol. The Kier molecular flexibility index (Phi) is 6.18. The largest absolute Gasteiger partial charge is 0.383 e. The van der Waals surface area contributed by atoms with Crippen molar-refractivity contribution >= 4 is 0 Å². The van der Waals surface area contributed by atoms with Crippen molar-refractivity contribution in [3.63, 3.8) is 0 Å². The zero-order valence-electron chi connectivity index (χ0n) is 10.8. The van der Waals surface area contributed by atoms with Crippen molar-refractivity contribution < 1.29 is 13.5 Å². The van der Waals surface area contributed by atoms with Gasteiger partial charge in [-0.15, -0.1) is 0 Å². The zero-order chi connectivity index (χ0) is 13.5. The van der Waals surface area contributed by atoms with Crippen LogP contribution in [0.4, 0.5) is 8.78 Å². The van der Waals surface area contributed by atoms with Gasteiger partial charge in [0.05, 0.1) is 6.61 Å². The van der Waals surface area contributed by atoms with Gasteiger partial charge in [-0.1, -0.05) is 12.1 Å². The Morgan fingerprint density at radius 2 is 2.06 bits per heavy atom. The average Bonchev–Trinajstić information content (AvgIpc) is 2.36. The molecule has 1 aromatic rings. The highest BCUT2D eigenvalue weighted by Crippen LogP contribution is 2.20. The van der Waals surface area contributed by atoms with E-state index in [9.17, 15) is 8.78 Å². The third-order valence-electron chi connectivity index (χ3n) is 2.88. The fourth-order valence-electron chi connectivity index (χ4n) is 1.68. The van der Waals surface area contributed by atoms with Gasteiger partial charge in [0.1, 0.15) is 0 Å². The first-order valence-electron chi connectivity index (χ1n) is 5.93. The molecule has 0 saturated carbocycles. The lowest BCUT2D eigenvalue weighted by Gasteiger charge is -2.19. The Morgan fingerprint density at radius 3 is 2.72 bits per heavy atom. The number of methoxy groups -OCH3 is 1. The standard InChI is InChI=1S/C13H20F2N2O/c1-17(8-9-18-2)7-6-12(16)10-4-3-5-11(14)13(10)15/h3-5,12H,6-9,16H2,1-2H3. The third-order valence-corrected chi connectivity index (χ3v) is 2.88. The molecule has 3 nitrogen and oxygen atoms in total. The monoisotopic (exact) mass is 258 g/mol. The van der Waals surface area contributed by atoms with E-state index in [4.69, 9.17) is 10.5 Å². The van der Waals surface area contributed by atoms with Crippen molar-refractivity contribution in [2.24, 2.45) is 5.73 Å². The van der Waals surface area contributed by atoms with Crippen LogP contribution in [0.1, 0.15) is 18.0 Å². The van der Waals surface area contributed by atoms with Gasteiger partial charge in [-0.2, -0.15) is 0 Å². The lowest BCUT2D eigenvalue weighted by atomic mass is 10.0. The van der Waals surface area contributed by atoms with E-state index in [-0.39, 0.29) is 5.56 Å². The van der Waals surface area contributed by atoms with Crippen LogP contribution in [0.15, 0.2) is 18.2 Å². The van der Waals surface area contributed by atoms with E-state index < -0.39 is 17.7 Å². The maximum absolute atomic E-state index is 13.5. The fraction of sp³-hybridized carbons (Fsp3) is 0.538. The summed E-state index contributed by atoms with van der Waals surface area (Å²) in [4.78, 5) is 2.04. The normalized spacial score (nSPS) is 13.0. The smallest absolute Gasteiger partial charge is 0.163 e. The minimum atomic E-state index is -0.851. The topological polar surface area (TPSA) is 38.5 Å². The molecule has 0 aromatic heterocycles. The Morgan fingerprint density at radius 1 is 1.33 bits per heavy atom. The zero-order valence-corrected chi connectivity index (χ0v) is 10.8. The summed E-state index contributed by atoms with van der Waals surface area (Å²) < 4.78 is 31.5. The van der Waals surface area contributed by atoms with E-state index >= 15 is 0 Å². The molecule has 0 fully saturated rings. The Bertz CT molecular complexity index is 374. The van der Waals surface area contributed by atoms with Gasteiger partial charge >= 0.3 is 0 Å². The van der Waals surface area contributed by atoms with Crippen LogP contribution in [0.25, 0.3) is 0 Å². The van der Waals surface area contributed by atoms with Crippen LogP contribution < -0.4 is 5.73 Å². The van der Waals surface area contributed by atoms with Crippen molar-refractivity contribution in [3.05, 3.63) is 35.4 Å². The maximum atomic E-state index is 13.5. The number of rotatable bonds is 7. The molecule has 1 atom stereocenters. The highest BCUT2D eigenvalue weighted by Gasteiger charge is 2.14. The summed E-state index contributed by atoms with van der Waals surface area (Å²) in [6, 6.07) is 3.60. The molecule has 0 bridgehead atoms. The minimum Gasteiger partial charge on any atom is -0.383 e. The fourth-order valence-corrected chi connectivity index (χ4v) is 1.68. The first-order valence-corrected chi connectivity index (χ1v) is 5.93. The van der Waals surface area contributed by atoms with E-state index in [1.54, 1.807) is 7.11 Å². The average molecular weight is 258 g/mol. The molecule has 1 aromatic carbocycles. The van der Waals surface area contributed by atoms with Gasteiger partial charge in [0, 0.05) is 25.3 Å². The molecule has 102 valence electrons. The van der Waals surface area contributed by atoms with Crippen LogP contribution >= 0.6 is 0 Å². The van der Waals surface area contributed by atoms with Crippen LogP contribution in [0.5, 0.6) is 0 Å². The second-order valence-electron chi connectivity index (χ2n) is 4.33. The van der Waals surface area contributed by atoms with Crippen LogP contribution in [0, 0.1) is 11.6 Å². The van der Waals surface area contributed by atoms with Gasteiger partial charge in [0.2, 0.25) is 0 Å². The molecule has 0 radical (unpaired) electrons. The third kappa shape index (κ3) is 4.33. The maximum Gasteiger partial charge on any atom is 0.163 e. The molecule has 0 spiro atoms. The molecule has 5 heteroatoms. The Labute approximate surface area is 107 Å². The first kappa shape index (κ1) is 15.0. The number of ether oxygens (including phenoxy) is 1. The van der Waals surface area contributed by atoms with Crippen LogP contribution in [-0.2, 0) is 4.74 Å². The van der Waals surface area contributed by atoms with Crippen molar-refractivity contribution in [3.8, 4) is 0 Å². The Hall–Kier alpha value is -1.04. The second kappa shape index (κ2) is 7.41. The quantitative estimate of drug-likeness (QED) is 0.812. The van der Waals surface area contributed by atoms with Crippen molar-refractivity contribution in [2.45, 2.75) is 12.5 Å². The number of nitrogens with zero attached hydrogens (tertiary/aromatic N) is 1. The summed E-state index contributed by atoms with van der Waals surface area (Å²) in [6.45, 7) is 2.13. The van der Waals surface area contributed by atoms with Crippen LogP contribution in [-0.4, -0.2) is 38.8 Å². The molecule has 0 heterocycles. The van der Waals surface area contributed by atoms with Gasteiger partial charge in [-0.05, 0) is 26.1 Å². The van der Waals surface area contributed by atoms with Crippen molar-refractivity contribution in [2.75, 3.05) is 33.9 Å². The molecule has 18 heavy (non-hydrogen) atoms. The van der Waals surface area contributed by atoms with Crippen LogP contribution in [0.2, 0.25) is 0 Å². The minimum absolute atomic E-state index is 0.232. The van der Waals surface area contributed by atoms with Gasteiger partial charge in [0.15, 0.2) is 11.6 Å². The van der Waals surface area contributed by atoms with E-state index in [1.807, 2.05) is 11.9 Å². The molecule has 0 saturated heterocycles. The van der Waals surface area contributed by atoms with E-state index in [2.05, 4.69) is 0 Å². The molecule has 0 amide bonds. The molecule has 2 N–H and O–H groups in total. The van der Waals surface area contributed by atoms with E-state index in [1.165, 1.54) is 12.1 Å². The summed E-state index contributed by atoms with van der Waals surface area (Å²) >= 11 is 0. The molecule has 0 aliphatic heterocycles. The molecular formula is C13H20F2N2O. The molecule has 0 aliphatic carbocycles. The number of likely N-dealkylation sites (N-methyl/N-ethyl adjacent to an activating group) is 1. The highest BCUT2D eigenvalue weighted by molar-refractivity contribution is 5.22.